The molecule has 0 spiro atoms. The summed E-state index contributed by atoms with van der Waals surface area (Å²) in [5.74, 6) is 0. The van der Waals surface area contributed by atoms with Crippen LogP contribution < -0.4 is 16.4 Å². The van der Waals surface area contributed by atoms with Crippen LogP contribution in [0.2, 0.25) is 0 Å². The Morgan fingerprint density at radius 3 is 1.22 bits per heavy atom. The van der Waals surface area contributed by atoms with Crippen molar-refractivity contribution in [1.29, 1.82) is 0 Å². The fraction of sp³-hybridized carbons (Fsp3) is 0.314. The van der Waals surface area contributed by atoms with Crippen molar-refractivity contribution in [2.45, 2.75) is 105 Å². The highest BCUT2D eigenvalue weighted by molar-refractivity contribution is 7.00. The molecular formula is C51H52BN3. The lowest BCUT2D eigenvalue weighted by molar-refractivity contribution is 0.590. The van der Waals surface area contributed by atoms with E-state index in [0.29, 0.717) is 0 Å². The summed E-state index contributed by atoms with van der Waals surface area (Å²) in [6.07, 6.45) is 3.84. The minimum atomic E-state index is -0.0233. The van der Waals surface area contributed by atoms with Crippen molar-refractivity contribution in [3.8, 4) is 22.5 Å². The maximum Gasteiger partial charge on any atom is 0.252 e. The van der Waals surface area contributed by atoms with Gasteiger partial charge in [-0.3, -0.25) is 4.98 Å². The molecule has 0 N–H and O–H groups in total. The zero-order chi connectivity index (χ0) is 38.7. The van der Waals surface area contributed by atoms with E-state index in [4.69, 9.17) is 0 Å². The van der Waals surface area contributed by atoms with E-state index in [9.17, 15) is 0 Å². The van der Waals surface area contributed by atoms with E-state index in [1.54, 1.807) is 0 Å². The van der Waals surface area contributed by atoms with Crippen LogP contribution in [0.15, 0.2) is 97.3 Å². The van der Waals surface area contributed by atoms with E-state index in [-0.39, 0.29) is 28.4 Å². The molecule has 10 rings (SSSR count). The Morgan fingerprint density at radius 1 is 0.418 bits per heavy atom. The highest BCUT2D eigenvalue weighted by atomic mass is 15.0. The van der Waals surface area contributed by atoms with Crippen molar-refractivity contribution in [3.05, 3.63) is 120 Å². The number of aromatic nitrogens is 3. The third-order valence-electron chi connectivity index (χ3n) is 12.8. The van der Waals surface area contributed by atoms with Crippen molar-refractivity contribution < 1.29 is 0 Å². The van der Waals surface area contributed by atoms with Crippen molar-refractivity contribution in [2.24, 2.45) is 0 Å². The molecule has 5 aromatic carbocycles. The van der Waals surface area contributed by atoms with Crippen LogP contribution in [-0.4, -0.2) is 20.8 Å². The normalized spacial score (nSPS) is 14.1. The molecule has 0 bridgehead atoms. The van der Waals surface area contributed by atoms with Gasteiger partial charge in [0.15, 0.2) is 0 Å². The smallest absolute Gasteiger partial charge is 0.252 e. The van der Waals surface area contributed by atoms with Gasteiger partial charge in [0.05, 0.1) is 11.0 Å². The summed E-state index contributed by atoms with van der Waals surface area (Å²) in [4.78, 5) is 4.41. The van der Waals surface area contributed by atoms with Crippen molar-refractivity contribution in [1.82, 2.24) is 14.1 Å². The minimum absolute atomic E-state index is 0.0233. The first-order valence-electron chi connectivity index (χ1n) is 20.2. The number of hydrogen-bond acceptors (Lipinski definition) is 1. The van der Waals surface area contributed by atoms with Gasteiger partial charge in [0.2, 0.25) is 0 Å². The van der Waals surface area contributed by atoms with Gasteiger partial charge in [0.25, 0.3) is 6.71 Å². The summed E-state index contributed by atoms with van der Waals surface area (Å²) >= 11 is 0. The summed E-state index contributed by atoms with van der Waals surface area (Å²) in [6.45, 7) is 28.3. The van der Waals surface area contributed by atoms with E-state index >= 15 is 0 Å². The average Bonchev–Trinajstić information content (AvgIpc) is 3.63. The van der Waals surface area contributed by atoms with Gasteiger partial charge < -0.3 is 9.13 Å². The van der Waals surface area contributed by atoms with Crippen LogP contribution in [0, 0.1) is 0 Å². The molecule has 2 aliphatic rings. The van der Waals surface area contributed by atoms with E-state index in [0.717, 1.165) is 0 Å². The first-order valence-corrected chi connectivity index (χ1v) is 20.2. The molecular weight excluding hydrogens is 665 g/mol. The van der Waals surface area contributed by atoms with Crippen LogP contribution in [0.5, 0.6) is 0 Å². The first-order chi connectivity index (χ1) is 25.8. The molecule has 0 saturated carbocycles. The molecule has 3 aromatic heterocycles. The molecule has 4 heteroatoms. The molecule has 8 aromatic rings. The molecule has 0 amide bonds. The molecule has 55 heavy (non-hydrogen) atoms. The van der Waals surface area contributed by atoms with Crippen LogP contribution in [0.4, 0.5) is 0 Å². The quantitative estimate of drug-likeness (QED) is 0.155. The van der Waals surface area contributed by atoms with Gasteiger partial charge in [0.1, 0.15) is 0 Å². The number of pyridine rings is 1. The van der Waals surface area contributed by atoms with Crippen LogP contribution >= 0.6 is 0 Å². The van der Waals surface area contributed by atoms with Gasteiger partial charge in [-0.15, -0.1) is 0 Å². The second-order valence-electron chi connectivity index (χ2n) is 20.7. The number of rotatable bonds is 1. The molecule has 5 heterocycles. The second-order valence-corrected chi connectivity index (χ2v) is 20.7. The van der Waals surface area contributed by atoms with Crippen LogP contribution in [-0.2, 0) is 21.7 Å². The molecule has 0 aliphatic carbocycles. The minimum Gasteiger partial charge on any atom is -0.310 e. The molecule has 0 fully saturated rings. The Kier molecular flexibility index (Phi) is 6.76. The van der Waals surface area contributed by atoms with Crippen molar-refractivity contribution in [2.75, 3.05) is 0 Å². The fourth-order valence-corrected chi connectivity index (χ4v) is 9.58. The third-order valence-corrected chi connectivity index (χ3v) is 12.8. The summed E-state index contributed by atoms with van der Waals surface area (Å²) in [5.41, 5.74) is 19.9. The lowest BCUT2D eigenvalue weighted by Gasteiger charge is -2.36. The molecule has 0 saturated heterocycles. The Labute approximate surface area is 326 Å². The predicted octanol–water partition coefficient (Wildman–Crippen LogP) is 11.3. The monoisotopic (exact) mass is 717 g/mol. The Balaban J connectivity index is 1.45. The Morgan fingerprint density at radius 2 is 0.818 bits per heavy atom. The summed E-state index contributed by atoms with van der Waals surface area (Å²) in [6, 6.07) is 33.9. The van der Waals surface area contributed by atoms with Gasteiger partial charge in [-0.1, -0.05) is 107 Å². The van der Waals surface area contributed by atoms with Gasteiger partial charge in [-0.25, -0.2) is 0 Å². The molecule has 0 unspecified atom stereocenters. The molecule has 0 atom stereocenters. The largest absolute Gasteiger partial charge is 0.310 e. The number of hydrogen-bond donors (Lipinski definition) is 0. The highest BCUT2D eigenvalue weighted by Gasteiger charge is 2.42. The molecule has 3 nitrogen and oxygen atoms in total. The molecule has 0 radical (unpaired) electrons. The SMILES string of the molecule is CC(C)(C)c1ccc2c(c1)c1cc(C(C)(C)C)cc3c1n2-c1cc(-c2ccncc2)cc2c1B3c1cc(C(C)(C)C)cc3c4cc(C(C)(C)C)ccc4n-2c13. The van der Waals surface area contributed by atoms with E-state index < -0.39 is 0 Å². The Bertz CT molecular complexity index is 2770. The van der Waals surface area contributed by atoms with Gasteiger partial charge in [-0.2, -0.15) is 0 Å². The molecule has 2 aliphatic heterocycles. The average molecular weight is 718 g/mol. The highest BCUT2D eigenvalue weighted by Crippen LogP contribution is 2.44. The lowest BCUT2D eigenvalue weighted by Crippen LogP contribution is -2.59. The Hall–Kier alpha value is -5.09. The second kappa shape index (κ2) is 10.8. The lowest BCUT2D eigenvalue weighted by atomic mass is 9.34. The van der Waals surface area contributed by atoms with Crippen molar-refractivity contribution >= 4 is 66.7 Å². The zero-order valence-electron chi connectivity index (χ0n) is 34.7. The summed E-state index contributed by atoms with van der Waals surface area (Å²) < 4.78 is 5.25. The topological polar surface area (TPSA) is 22.8 Å². The van der Waals surface area contributed by atoms with Crippen molar-refractivity contribution in [3.63, 3.8) is 0 Å². The van der Waals surface area contributed by atoms with Crippen LogP contribution in [0.25, 0.3) is 66.1 Å². The summed E-state index contributed by atoms with van der Waals surface area (Å²) in [5, 5.41) is 5.39. The maximum absolute atomic E-state index is 4.41. The first kappa shape index (κ1) is 34.4. The number of benzene rings is 5. The van der Waals surface area contributed by atoms with Crippen LogP contribution in [0.3, 0.4) is 0 Å². The summed E-state index contributed by atoms with van der Waals surface area (Å²) in [7, 11) is 0. The third kappa shape index (κ3) is 4.85. The van der Waals surface area contributed by atoms with E-state index in [1.807, 2.05) is 12.4 Å². The van der Waals surface area contributed by atoms with Gasteiger partial charge in [-0.05, 0) is 132 Å². The van der Waals surface area contributed by atoms with Crippen LogP contribution in [0.1, 0.15) is 105 Å². The van der Waals surface area contributed by atoms with E-state index in [2.05, 4.69) is 182 Å². The number of nitrogens with zero attached hydrogens (tertiary/aromatic N) is 3. The number of fused-ring (bicyclic) bond motifs is 10. The molecule has 274 valence electrons. The van der Waals surface area contributed by atoms with Gasteiger partial charge in [0, 0.05) is 56.3 Å². The fourth-order valence-electron chi connectivity index (χ4n) is 9.58. The van der Waals surface area contributed by atoms with E-state index in [1.165, 1.54) is 105 Å². The predicted molar refractivity (Wildman–Crippen MR) is 238 cm³/mol. The maximum atomic E-state index is 4.41. The van der Waals surface area contributed by atoms with Gasteiger partial charge >= 0.3 is 0 Å². The standard InChI is InChI=1S/C51H52BN3/c1-48(2,3)31-13-15-41-35(23-31)37-25-33(50(7,8)9)27-39-46(37)54(41)43-21-30(29-17-19-53-20-18-29)22-44-45(43)52(39)40-28-34(51(10,11)12)26-38-36-24-32(49(4,5)6)14-16-42(36)55(44)47(38)40/h13-28H,1-12H3. The zero-order valence-corrected chi connectivity index (χ0v) is 34.7.